The maximum Gasteiger partial charge on any atom is 0.255 e. The van der Waals surface area contributed by atoms with E-state index in [1.54, 1.807) is 61.6 Å². The Morgan fingerprint density at radius 3 is 2.43 bits per heavy atom. The van der Waals surface area contributed by atoms with Crippen molar-refractivity contribution in [2.45, 2.75) is 12.5 Å². The Hall–Kier alpha value is -3.58. The summed E-state index contributed by atoms with van der Waals surface area (Å²) in [7, 11) is 3.10. The van der Waals surface area contributed by atoms with Crippen molar-refractivity contribution >= 4 is 23.4 Å². The number of hydrogen-bond donors (Lipinski definition) is 1. The first-order valence-electron chi connectivity index (χ1n) is 11.2. The number of methoxy groups -OCH3 is 2. The number of nitrogens with zero attached hydrogens (tertiary/aromatic N) is 1. The maximum absolute atomic E-state index is 13.4. The zero-order valence-corrected chi connectivity index (χ0v) is 20.2. The number of carbonyl (C=O) groups excluding carboxylic acids is 2. The molecule has 0 radical (unpaired) electrons. The molecule has 0 spiro atoms. The molecule has 8 heteroatoms. The molecule has 0 saturated carbocycles. The highest BCUT2D eigenvalue weighted by Gasteiger charge is 2.42. The van der Waals surface area contributed by atoms with E-state index in [2.05, 4.69) is 5.32 Å². The summed E-state index contributed by atoms with van der Waals surface area (Å²) in [5.74, 6) is -0.581. The second-order valence-electron chi connectivity index (χ2n) is 8.33. The van der Waals surface area contributed by atoms with E-state index in [1.807, 2.05) is 12.1 Å². The van der Waals surface area contributed by atoms with Crippen LogP contribution in [0.3, 0.4) is 0 Å². The van der Waals surface area contributed by atoms with Gasteiger partial charge in [-0.2, -0.15) is 0 Å². The van der Waals surface area contributed by atoms with Gasteiger partial charge in [-0.3, -0.25) is 9.59 Å². The number of benzene rings is 3. The molecule has 6 nitrogen and oxygen atoms in total. The van der Waals surface area contributed by atoms with Crippen LogP contribution in [-0.2, 0) is 11.3 Å². The summed E-state index contributed by atoms with van der Waals surface area (Å²) in [5, 5.41) is 3.30. The first kappa shape index (κ1) is 24.5. The molecule has 3 aromatic rings. The maximum atomic E-state index is 13.4. The van der Waals surface area contributed by atoms with Gasteiger partial charge in [-0.05, 0) is 35.9 Å². The smallest absolute Gasteiger partial charge is 0.255 e. The van der Waals surface area contributed by atoms with Crippen molar-refractivity contribution in [1.29, 1.82) is 0 Å². The number of likely N-dealkylation sites (tertiary alicyclic amines) is 1. The molecule has 0 bridgehead atoms. The lowest BCUT2D eigenvalue weighted by atomic mass is 9.87. The van der Waals surface area contributed by atoms with E-state index in [4.69, 9.17) is 21.1 Å². The van der Waals surface area contributed by atoms with Gasteiger partial charge in [-0.15, -0.1) is 0 Å². The molecular formula is C27H26ClFN2O4. The Labute approximate surface area is 208 Å². The third-order valence-corrected chi connectivity index (χ3v) is 6.59. The average molecular weight is 497 g/mol. The number of ether oxygens (including phenoxy) is 2. The quantitative estimate of drug-likeness (QED) is 0.516. The monoisotopic (exact) mass is 496 g/mol. The molecule has 0 aromatic heterocycles. The molecule has 1 aliphatic rings. The van der Waals surface area contributed by atoms with Gasteiger partial charge >= 0.3 is 0 Å². The van der Waals surface area contributed by atoms with E-state index in [0.29, 0.717) is 28.6 Å². The summed E-state index contributed by atoms with van der Waals surface area (Å²) in [6, 6.07) is 18.3. The van der Waals surface area contributed by atoms with Crippen molar-refractivity contribution in [3.8, 4) is 11.5 Å². The van der Waals surface area contributed by atoms with Crippen LogP contribution in [0.15, 0.2) is 66.7 Å². The van der Waals surface area contributed by atoms with Crippen molar-refractivity contribution in [2.75, 3.05) is 27.3 Å². The van der Waals surface area contributed by atoms with Gasteiger partial charge in [0.1, 0.15) is 5.82 Å². The van der Waals surface area contributed by atoms with Gasteiger partial charge in [-0.1, -0.05) is 48.0 Å². The van der Waals surface area contributed by atoms with E-state index in [-0.39, 0.29) is 36.6 Å². The van der Waals surface area contributed by atoms with E-state index < -0.39 is 5.92 Å². The fourth-order valence-electron chi connectivity index (χ4n) is 4.48. The molecule has 0 aliphatic carbocycles. The molecule has 1 heterocycles. The predicted octanol–water partition coefficient (Wildman–Crippen LogP) is 4.67. The Bertz CT molecular complexity index is 1220. The lowest BCUT2D eigenvalue weighted by molar-refractivity contribution is -0.125. The van der Waals surface area contributed by atoms with Gasteiger partial charge in [-0.25, -0.2) is 4.39 Å². The molecule has 1 fully saturated rings. The van der Waals surface area contributed by atoms with Crippen molar-refractivity contribution in [2.24, 2.45) is 5.92 Å². The van der Waals surface area contributed by atoms with Gasteiger partial charge in [0, 0.05) is 31.1 Å². The van der Waals surface area contributed by atoms with E-state index >= 15 is 0 Å². The van der Waals surface area contributed by atoms with Crippen LogP contribution < -0.4 is 14.8 Å². The average Bonchev–Trinajstić information content (AvgIpc) is 3.33. The van der Waals surface area contributed by atoms with Gasteiger partial charge in [0.2, 0.25) is 5.91 Å². The second kappa shape index (κ2) is 10.8. The molecule has 1 aliphatic heterocycles. The molecule has 3 aromatic carbocycles. The van der Waals surface area contributed by atoms with Crippen molar-refractivity contribution < 1.29 is 23.5 Å². The molecule has 4 rings (SSSR count). The second-order valence-corrected chi connectivity index (χ2v) is 8.74. The van der Waals surface area contributed by atoms with Crippen LogP contribution in [0, 0.1) is 11.7 Å². The third kappa shape index (κ3) is 5.25. The summed E-state index contributed by atoms with van der Waals surface area (Å²) in [5.41, 5.74) is 1.94. The Morgan fingerprint density at radius 1 is 1.00 bits per heavy atom. The van der Waals surface area contributed by atoms with E-state index in [1.165, 1.54) is 12.1 Å². The Balaban J connectivity index is 1.63. The zero-order chi connectivity index (χ0) is 24.9. The first-order valence-corrected chi connectivity index (χ1v) is 11.6. The van der Waals surface area contributed by atoms with Crippen molar-refractivity contribution in [3.05, 3.63) is 94.3 Å². The lowest BCUT2D eigenvalue weighted by Gasteiger charge is -2.21. The minimum Gasteiger partial charge on any atom is -0.493 e. The molecule has 0 unspecified atom stereocenters. The van der Waals surface area contributed by atoms with Crippen LogP contribution in [0.1, 0.15) is 27.4 Å². The Morgan fingerprint density at radius 2 is 1.74 bits per heavy atom. The number of rotatable bonds is 7. The summed E-state index contributed by atoms with van der Waals surface area (Å²) >= 11 is 6.28. The minimum atomic E-state index is -0.539. The van der Waals surface area contributed by atoms with Crippen LogP contribution in [-0.4, -0.2) is 44.0 Å². The number of hydrogen-bond acceptors (Lipinski definition) is 4. The number of nitrogens with one attached hydrogen (secondary N) is 1. The Kier molecular flexibility index (Phi) is 7.56. The van der Waals surface area contributed by atoms with Crippen LogP contribution >= 0.6 is 11.6 Å². The highest BCUT2D eigenvalue weighted by atomic mass is 35.5. The van der Waals surface area contributed by atoms with Gasteiger partial charge < -0.3 is 19.7 Å². The fraction of sp³-hybridized carbons (Fsp3) is 0.259. The normalized spacial score (nSPS) is 17.2. The van der Waals surface area contributed by atoms with Gasteiger partial charge in [0.15, 0.2) is 11.5 Å². The van der Waals surface area contributed by atoms with E-state index in [0.717, 1.165) is 11.1 Å². The molecule has 2 atom stereocenters. The number of para-hydroxylation sites is 1. The summed E-state index contributed by atoms with van der Waals surface area (Å²) < 4.78 is 24.3. The molecule has 1 saturated heterocycles. The number of amides is 2. The lowest BCUT2D eigenvalue weighted by Crippen LogP contribution is -2.35. The highest BCUT2D eigenvalue weighted by molar-refractivity contribution is 6.33. The number of carbonyl (C=O) groups is 2. The summed E-state index contributed by atoms with van der Waals surface area (Å²) in [6.45, 7) is 0.766. The van der Waals surface area contributed by atoms with Crippen molar-refractivity contribution in [3.63, 3.8) is 0 Å². The molecule has 2 amide bonds. The molecule has 35 heavy (non-hydrogen) atoms. The minimum absolute atomic E-state index is 0.210. The standard InChI is InChI=1S/C27H26ClFN2O4/c1-34-24-9-5-7-19(25(24)35-2)21-15-31(27(33)20-6-3-4-8-23(20)28)16-22(21)26(32)30-14-17-10-12-18(29)13-11-17/h3-13,21-22H,14-16H2,1-2H3,(H,30,32)/t21-,22-/m1/s1. The third-order valence-electron chi connectivity index (χ3n) is 6.26. The van der Waals surface area contributed by atoms with Gasteiger partial charge in [0.05, 0.1) is 30.7 Å². The first-order chi connectivity index (χ1) is 16.9. The molecular weight excluding hydrogens is 471 g/mol. The van der Waals surface area contributed by atoms with Crippen molar-refractivity contribution in [1.82, 2.24) is 10.2 Å². The van der Waals surface area contributed by atoms with Crippen LogP contribution in [0.4, 0.5) is 4.39 Å². The summed E-state index contributed by atoms with van der Waals surface area (Å²) in [4.78, 5) is 28.3. The topological polar surface area (TPSA) is 67.9 Å². The number of halogens is 2. The zero-order valence-electron chi connectivity index (χ0n) is 19.5. The van der Waals surface area contributed by atoms with Crippen LogP contribution in [0.2, 0.25) is 5.02 Å². The summed E-state index contributed by atoms with van der Waals surface area (Å²) in [6.07, 6.45) is 0. The molecule has 182 valence electrons. The van der Waals surface area contributed by atoms with Crippen LogP contribution in [0.5, 0.6) is 11.5 Å². The largest absolute Gasteiger partial charge is 0.493 e. The SMILES string of the molecule is COc1cccc([C@H]2CN(C(=O)c3ccccc3Cl)C[C@H]2C(=O)NCc2ccc(F)cc2)c1OC. The van der Waals surface area contributed by atoms with E-state index in [9.17, 15) is 14.0 Å². The predicted molar refractivity (Wildman–Crippen MR) is 131 cm³/mol. The fourth-order valence-corrected chi connectivity index (χ4v) is 4.70. The van der Waals surface area contributed by atoms with Crippen LogP contribution in [0.25, 0.3) is 0 Å². The van der Waals surface area contributed by atoms with Gasteiger partial charge in [0.25, 0.3) is 5.91 Å². The highest BCUT2D eigenvalue weighted by Crippen LogP contribution is 2.42. The molecule has 1 N–H and O–H groups in total.